The molecular weight excluding hydrogens is 296 g/mol. The third kappa shape index (κ3) is 5.62. The topological polar surface area (TPSA) is 46.3 Å². The van der Waals surface area contributed by atoms with Gasteiger partial charge in [0.2, 0.25) is 5.91 Å². The Hall–Kier alpha value is -1.06. The molecule has 0 aromatic heterocycles. The van der Waals surface area contributed by atoms with Crippen molar-refractivity contribution in [1.29, 1.82) is 0 Å². The fraction of sp³-hybridized carbons (Fsp3) is 0.611. The maximum atomic E-state index is 12.5. The molecule has 2 N–H and O–H groups in total. The molecular formula is C18H29ClN2O. The standard InChI is InChI=1S/C18H28N2O.ClH/c1-14(2)11-16-9-6-10-20(13-16)18(21)17(19)12-15-7-4-3-5-8-15;/h3-5,7-8,14,16-17H,6,9-13,19H2,1-2H3;1H/t16?,17-;/m0./s1. The Kier molecular flexibility index (Phi) is 7.91. The average Bonchev–Trinajstić information content (AvgIpc) is 2.47. The maximum absolute atomic E-state index is 12.5. The van der Waals surface area contributed by atoms with E-state index in [1.54, 1.807) is 0 Å². The van der Waals surface area contributed by atoms with Crippen LogP contribution in [0, 0.1) is 11.8 Å². The molecule has 0 aliphatic carbocycles. The largest absolute Gasteiger partial charge is 0.341 e. The van der Waals surface area contributed by atoms with Crippen LogP contribution in [-0.4, -0.2) is 29.9 Å². The van der Waals surface area contributed by atoms with Gasteiger partial charge in [0.05, 0.1) is 6.04 Å². The molecule has 2 atom stereocenters. The summed E-state index contributed by atoms with van der Waals surface area (Å²) < 4.78 is 0. The summed E-state index contributed by atoms with van der Waals surface area (Å²) in [6, 6.07) is 9.62. The third-order valence-electron chi connectivity index (χ3n) is 4.25. The molecule has 0 spiro atoms. The van der Waals surface area contributed by atoms with Gasteiger partial charge in [-0.1, -0.05) is 44.2 Å². The molecule has 22 heavy (non-hydrogen) atoms. The van der Waals surface area contributed by atoms with Crippen molar-refractivity contribution >= 4 is 18.3 Å². The van der Waals surface area contributed by atoms with Gasteiger partial charge in [0.1, 0.15) is 0 Å². The molecule has 0 bridgehead atoms. The van der Waals surface area contributed by atoms with E-state index >= 15 is 0 Å². The number of benzene rings is 1. The molecule has 1 unspecified atom stereocenters. The quantitative estimate of drug-likeness (QED) is 0.903. The Bertz CT molecular complexity index is 450. The lowest BCUT2D eigenvalue weighted by molar-refractivity contribution is -0.134. The van der Waals surface area contributed by atoms with Crippen LogP contribution in [0.5, 0.6) is 0 Å². The summed E-state index contributed by atoms with van der Waals surface area (Å²) in [6.45, 7) is 6.26. The minimum atomic E-state index is -0.412. The van der Waals surface area contributed by atoms with Gasteiger partial charge in [-0.2, -0.15) is 0 Å². The van der Waals surface area contributed by atoms with Crippen molar-refractivity contribution in [3.05, 3.63) is 35.9 Å². The summed E-state index contributed by atoms with van der Waals surface area (Å²) in [6.07, 6.45) is 4.19. The number of hydrogen-bond donors (Lipinski definition) is 1. The van der Waals surface area contributed by atoms with Crippen molar-refractivity contribution in [2.75, 3.05) is 13.1 Å². The lowest BCUT2D eigenvalue weighted by Gasteiger charge is -2.35. The van der Waals surface area contributed by atoms with E-state index in [0.717, 1.165) is 25.1 Å². The first-order valence-corrected chi connectivity index (χ1v) is 8.14. The second-order valence-corrected chi connectivity index (χ2v) is 6.72. The van der Waals surface area contributed by atoms with E-state index in [4.69, 9.17) is 5.73 Å². The van der Waals surface area contributed by atoms with Gasteiger partial charge in [-0.05, 0) is 43.1 Å². The molecule has 1 fully saturated rings. The maximum Gasteiger partial charge on any atom is 0.239 e. The summed E-state index contributed by atoms with van der Waals surface area (Å²) in [7, 11) is 0. The number of carbonyl (C=O) groups is 1. The predicted octanol–water partition coefficient (Wildman–Crippen LogP) is 3.26. The zero-order valence-corrected chi connectivity index (χ0v) is 14.5. The SMILES string of the molecule is CC(C)CC1CCCN(C(=O)[C@@H](N)Cc2ccccc2)C1.Cl. The number of piperidine rings is 1. The molecule has 1 aromatic carbocycles. The van der Waals surface area contributed by atoms with Crippen molar-refractivity contribution in [1.82, 2.24) is 4.90 Å². The number of likely N-dealkylation sites (tertiary alicyclic amines) is 1. The van der Waals surface area contributed by atoms with Crippen molar-refractivity contribution < 1.29 is 4.79 Å². The van der Waals surface area contributed by atoms with Crippen LogP contribution in [-0.2, 0) is 11.2 Å². The minimum Gasteiger partial charge on any atom is -0.341 e. The van der Waals surface area contributed by atoms with Crippen molar-refractivity contribution in [3.63, 3.8) is 0 Å². The van der Waals surface area contributed by atoms with E-state index in [0.29, 0.717) is 18.3 Å². The van der Waals surface area contributed by atoms with Gasteiger partial charge in [0.15, 0.2) is 0 Å². The van der Waals surface area contributed by atoms with Crippen molar-refractivity contribution in [2.24, 2.45) is 17.6 Å². The van der Waals surface area contributed by atoms with Gasteiger partial charge < -0.3 is 10.6 Å². The van der Waals surface area contributed by atoms with Gasteiger partial charge in [-0.25, -0.2) is 0 Å². The number of rotatable bonds is 5. The van der Waals surface area contributed by atoms with Crippen molar-refractivity contribution in [2.45, 2.75) is 45.6 Å². The molecule has 1 saturated heterocycles. The number of carbonyl (C=O) groups excluding carboxylic acids is 1. The van der Waals surface area contributed by atoms with Gasteiger partial charge in [0.25, 0.3) is 0 Å². The summed E-state index contributed by atoms with van der Waals surface area (Å²) in [5.74, 6) is 1.46. The van der Waals surface area contributed by atoms with E-state index in [9.17, 15) is 4.79 Å². The molecule has 0 radical (unpaired) electrons. The lowest BCUT2D eigenvalue weighted by atomic mass is 9.89. The highest BCUT2D eigenvalue weighted by molar-refractivity contribution is 5.85. The normalized spacial score (nSPS) is 19.6. The van der Waals surface area contributed by atoms with Crippen LogP contribution < -0.4 is 5.73 Å². The number of nitrogens with two attached hydrogens (primary N) is 1. The Balaban J connectivity index is 0.00000242. The molecule has 1 aliphatic rings. The molecule has 4 heteroatoms. The minimum absolute atomic E-state index is 0. The Labute approximate surface area is 140 Å². The van der Waals surface area contributed by atoms with E-state index in [2.05, 4.69) is 13.8 Å². The van der Waals surface area contributed by atoms with Gasteiger partial charge in [0, 0.05) is 13.1 Å². The molecule has 1 aliphatic heterocycles. The molecule has 2 rings (SSSR count). The summed E-state index contributed by atoms with van der Waals surface area (Å²) in [4.78, 5) is 14.5. The first-order valence-electron chi connectivity index (χ1n) is 8.14. The second-order valence-electron chi connectivity index (χ2n) is 6.72. The molecule has 1 aromatic rings. The van der Waals surface area contributed by atoms with E-state index in [1.807, 2.05) is 35.2 Å². The Morgan fingerprint density at radius 1 is 1.32 bits per heavy atom. The summed E-state index contributed by atoms with van der Waals surface area (Å²) in [5, 5.41) is 0. The average molecular weight is 325 g/mol. The highest BCUT2D eigenvalue weighted by atomic mass is 35.5. The number of nitrogens with zero attached hydrogens (tertiary/aromatic N) is 1. The Morgan fingerprint density at radius 3 is 2.64 bits per heavy atom. The fourth-order valence-electron chi connectivity index (χ4n) is 3.31. The van der Waals surface area contributed by atoms with Crippen LogP contribution in [0.15, 0.2) is 30.3 Å². The van der Waals surface area contributed by atoms with Crippen LogP contribution >= 0.6 is 12.4 Å². The highest BCUT2D eigenvalue weighted by Crippen LogP contribution is 2.23. The summed E-state index contributed by atoms with van der Waals surface area (Å²) in [5.41, 5.74) is 7.27. The van der Waals surface area contributed by atoms with E-state index in [1.165, 1.54) is 12.8 Å². The zero-order valence-electron chi connectivity index (χ0n) is 13.7. The second kappa shape index (κ2) is 9.16. The van der Waals surface area contributed by atoms with Crippen LogP contribution in [0.25, 0.3) is 0 Å². The third-order valence-corrected chi connectivity index (χ3v) is 4.25. The monoisotopic (exact) mass is 324 g/mol. The zero-order chi connectivity index (χ0) is 15.2. The number of halogens is 1. The van der Waals surface area contributed by atoms with Gasteiger partial charge >= 0.3 is 0 Å². The van der Waals surface area contributed by atoms with Crippen LogP contribution in [0.2, 0.25) is 0 Å². The van der Waals surface area contributed by atoms with Crippen LogP contribution in [0.1, 0.15) is 38.7 Å². The first-order chi connectivity index (χ1) is 10.1. The Morgan fingerprint density at radius 2 is 2.00 bits per heavy atom. The molecule has 0 saturated carbocycles. The lowest BCUT2D eigenvalue weighted by Crippen LogP contribution is -2.49. The molecule has 3 nitrogen and oxygen atoms in total. The molecule has 1 heterocycles. The first kappa shape index (κ1) is 19.0. The molecule has 1 amide bonds. The van der Waals surface area contributed by atoms with E-state index in [-0.39, 0.29) is 18.3 Å². The molecule has 124 valence electrons. The van der Waals surface area contributed by atoms with E-state index < -0.39 is 6.04 Å². The number of hydrogen-bond acceptors (Lipinski definition) is 2. The van der Waals surface area contributed by atoms with Crippen molar-refractivity contribution in [3.8, 4) is 0 Å². The smallest absolute Gasteiger partial charge is 0.239 e. The fourth-order valence-corrected chi connectivity index (χ4v) is 3.31. The predicted molar refractivity (Wildman–Crippen MR) is 94.1 cm³/mol. The van der Waals surface area contributed by atoms with Gasteiger partial charge in [-0.3, -0.25) is 4.79 Å². The van der Waals surface area contributed by atoms with Crippen LogP contribution in [0.4, 0.5) is 0 Å². The van der Waals surface area contributed by atoms with Crippen LogP contribution in [0.3, 0.4) is 0 Å². The summed E-state index contributed by atoms with van der Waals surface area (Å²) >= 11 is 0. The highest BCUT2D eigenvalue weighted by Gasteiger charge is 2.27. The van der Waals surface area contributed by atoms with Gasteiger partial charge in [-0.15, -0.1) is 12.4 Å². The number of amides is 1.